The largest absolute Gasteiger partial charge is 0.450 e. The van der Waals surface area contributed by atoms with Crippen LogP contribution < -0.4 is 10.0 Å². The van der Waals surface area contributed by atoms with Crippen molar-refractivity contribution in [3.63, 3.8) is 0 Å². The number of sulfonamides is 1. The highest BCUT2D eigenvalue weighted by atomic mass is 35.5. The van der Waals surface area contributed by atoms with E-state index in [0.29, 0.717) is 0 Å². The van der Waals surface area contributed by atoms with Crippen molar-refractivity contribution in [3.8, 4) is 0 Å². The quantitative estimate of drug-likeness (QED) is 0.878. The molecule has 1 aromatic rings. The highest BCUT2D eigenvalue weighted by molar-refractivity contribution is 7.92. The minimum atomic E-state index is -3.61. The SMILES string of the molecule is CCOC(=O)Nc1c(F)cc(Cl)c2c1CS(=O)(=O)N2. The maximum atomic E-state index is 13.8. The van der Waals surface area contributed by atoms with E-state index >= 15 is 0 Å². The van der Waals surface area contributed by atoms with Crippen LogP contribution in [0.2, 0.25) is 5.02 Å². The topological polar surface area (TPSA) is 84.5 Å². The molecule has 0 bridgehead atoms. The molecule has 19 heavy (non-hydrogen) atoms. The van der Waals surface area contributed by atoms with Gasteiger partial charge < -0.3 is 4.74 Å². The lowest BCUT2D eigenvalue weighted by Crippen LogP contribution is -2.15. The standard InChI is InChI=1S/C10H10ClFN2O4S/c1-2-18-10(15)13-9-5-4-19(16,17)14-8(5)6(11)3-7(9)12/h3,14H,2,4H2,1H3,(H,13,15). The number of ether oxygens (including phenoxy) is 1. The number of nitrogens with one attached hydrogen (secondary N) is 2. The second-order valence-corrected chi connectivity index (χ2v) is 5.90. The molecule has 6 nitrogen and oxygen atoms in total. The van der Waals surface area contributed by atoms with E-state index in [1.165, 1.54) is 0 Å². The zero-order valence-corrected chi connectivity index (χ0v) is 11.4. The Labute approximate surface area is 113 Å². The van der Waals surface area contributed by atoms with Crippen LogP contribution in [0.3, 0.4) is 0 Å². The summed E-state index contributed by atoms with van der Waals surface area (Å²) in [5.74, 6) is -1.28. The van der Waals surface area contributed by atoms with Gasteiger partial charge in [-0.15, -0.1) is 0 Å². The molecule has 0 aromatic heterocycles. The van der Waals surface area contributed by atoms with Gasteiger partial charge in [-0.2, -0.15) is 0 Å². The summed E-state index contributed by atoms with van der Waals surface area (Å²) in [6.07, 6.45) is -0.866. The summed E-state index contributed by atoms with van der Waals surface area (Å²) in [5.41, 5.74) is -0.0839. The maximum Gasteiger partial charge on any atom is 0.411 e. The highest BCUT2D eigenvalue weighted by Crippen LogP contribution is 2.40. The molecule has 0 saturated carbocycles. The van der Waals surface area contributed by atoms with E-state index in [0.717, 1.165) is 6.07 Å². The van der Waals surface area contributed by atoms with Crippen LogP contribution in [0.15, 0.2) is 6.07 Å². The number of carbonyl (C=O) groups is 1. The normalized spacial score (nSPS) is 15.5. The van der Waals surface area contributed by atoms with Crippen LogP contribution in [0.1, 0.15) is 12.5 Å². The third kappa shape index (κ3) is 2.74. The molecular formula is C10H10ClFN2O4S. The third-order valence-electron chi connectivity index (χ3n) is 2.43. The van der Waals surface area contributed by atoms with Crippen LogP contribution in [0.25, 0.3) is 0 Å². The number of hydrogen-bond donors (Lipinski definition) is 2. The van der Waals surface area contributed by atoms with E-state index in [1.54, 1.807) is 6.92 Å². The van der Waals surface area contributed by atoms with E-state index in [4.69, 9.17) is 11.6 Å². The molecule has 104 valence electrons. The lowest BCUT2D eigenvalue weighted by Gasteiger charge is -2.11. The Morgan fingerprint density at radius 2 is 2.32 bits per heavy atom. The Morgan fingerprint density at radius 3 is 2.95 bits per heavy atom. The lowest BCUT2D eigenvalue weighted by atomic mass is 10.1. The van der Waals surface area contributed by atoms with Gasteiger partial charge in [-0.05, 0) is 13.0 Å². The van der Waals surface area contributed by atoms with Gasteiger partial charge in [0, 0.05) is 5.56 Å². The van der Waals surface area contributed by atoms with E-state index < -0.39 is 27.7 Å². The van der Waals surface area contributed by atoms with Crippen molar-refractivity contribution in [3.05, 3.63) is 22.5 Å². The number of benzene rings is 1. The van der Waals surface area contributed by atoms with Crippen LogP contribution in [-0.2, 0) is 20.5 Å². The minimum absolute atomic E-state index is 0.0667. The molecular weight excluding hydrogens is 299 g/mol. The van der Waals surface area contributed by atoms with Gasteiger partial charge >= 0.3 is 6.09 Å². The Kier molecular flexibility index (Phi) is 3.55. The molecule has 1 aliphatic heterocycles. The Hall–Kier alpha value is -1.54. The van der Waals surface area contributed by atoms with Crippen LogP contribution >= 0.6 is 11.6 Å². The zero-order valence-electron chi connectivity index (χ0n) is 9.79. The summed E-state index contributed by atoms with van der Waals surface area (Å²) in [4.78, 5) is 11.3. The van der Waals surface area contributed by atoms with Crippen LogP contribution in [0.5, 0.6) is 0 Å². The monoisotopic (exact) mass is 308 g/mol. The van der Waals surface area contributed by atoms with Crippen molar-refractivity contribution in [2.45, 2.75) is 12.7 Å². The van der Waals surface area contributed by atoms with Crippen molar-refractivity contribution in [1.29, 1.82) is 0 Å². The Balaban J connectivity index is 2.46. The fraction of sp³-hybridized carbons (Fsp3) is 0.300. The summed E-state index contributed by atoms with van der Waals surface area (Å²) < 4.78 is 43.6. The third-order valence-corrected chi connectivity index (χ3v) is 3.91. The van der Waals surface area contributed by atoms with Crippen molar-refractivity contribution < 1.29 is 22.3 Å². The minimum Gasteiger partial charge on any atom is -0.450 e. The average Bonchev–Trinajstić information content (AvgIpc) is 2.61. The van der Waals surface area contributed by atoms with Crippen LogP contribution in [0.4, 0.5) is 20.6 Å². The first-order chi connectivity index (χ1) is 8.84. The smallest absolute Gasteiger partial charge is 0.411 e. The van der Waals surface area contributed by atoms with Gasteiger partial charge in [0.15, 0.2) is 0 Å². The number of hydrogen-bond acceptors (Lipinski definition) is 4. The summed E-state index contributed by atoms with van der Waals surface area (Å²) in [7, 11) is -3.61. The molecule has 0 fully saturated rings. The Morgan fingerprint density at radius 1 is 1.63 bits per heavy atom. The van der Waals surface area contributed by atoms with Crippen molar-refractivity contribution in [1.82, 2.24) is 0 Å². The number of rotatable bonds is 2. The summed E-state index contributed by atoms with van der Waals surface area (Å²) in [6.45, 7) is 1.70. The molecule has 0 saturated heterocycles. The molecule has 0 atom stereocenters. The number of amides is 1. The fourth-order valence-electron chi connectivity index (χ4n) is 1.71. The van der Waals surface area contributed by atoms with Crippen molar-refractivity contribution in [2.75, 3.05) is 16.6 Å². The van der Waals surface area contributed by atoms with E-state index in [1.807, 2.05) is 0 Å². The van der Waals surface area contributed by atoms with Gasteiger partial charge in [-0.3, -0.25) is 10.0 Å². The van der Waals surface area contributed by atoms with Crippen LogP contribution in [-0.4, -0.2) is 21.1 Å². The second-order valence-electron chi connectivity index (χ2n) is 3.78. The summed E-state index contributed by atoms with van der Waals surface area (Å²) in [6, 6.07) is 0.926. The molecule has 2 rings (SSSR count). The zero-order chi connectivity index (χ0) is 14.2. The van der Waals surface area contributed by atoms with E-state index in [9.17, 15) is 17.6 Å². The maximum absolute atomic E-state index is 13.8. The number of anilines is 2. The van der Waals surface area contributed by atoms with Gasteiger partial charge in [0.1, 0.15) is 5.82 Å². The van der Waals surface area contributed by atoms with E-state index in [-0.39, 0.29) is 28.6 Å². The number of fused-ring (bicyclic) bond motifs is 1. The summed E-state index contributed by atoms with van der Waals surface area (Å²) in [5, 5.41) is 2.11. The van der Waals surface area contributed by atoms with Crippen molar-refractivity contribution >= 4 is 39.1 Å². The molecule has 1 amide bonds. The predicted octanol–water partition coefficient (Wildman–Crippen LogP) is 2.30. The molecule has 9 heteroatoms. The second kappa shape index (κ2) is 4.86. The Bertz CT molecular complexity index is 647. The highest BCUT2D eigenvalue weighted by Gasteiger charge is 2.31. The summed E-state index contributed by atoms with van der Waals surface area (Å²) >= 11 is 5.76. The molecule has 2 N–H and O–H groups in total. The van der Waals surface area contributed by atoms with E-state index in [2.05, 4.69) is 14.8 Å². The molecule has 1 aliphatic rings. The van der Waals surface area contributed by atoms with Gasteiger partial charge in [-0.1, -0.05) is 11.6 Å². The van der Waals surface area contributed by atoms with Gasteiger partial charge in [0.2, 0.25) is 10.0 Å². The van der Waals surface area contributed by atoms with Crippen molar-refractivity contribution in [2.24, 2.45) is 0 Å². The molecule has 1 heterocycles. The fourth-order valence-corrected chi connectivity index (χ4v) is 3.31. The molecule has 0 unspecified atom stereocenters. The van der Waals surface area contributed by atoms with Gasteiger partial charge in [0.05, 0.1) is 28.8 Å². The number of halogens is 2. The van der Waals surface area contributed by atoms with Crippen LogP contribution in [0, 0.1) is 5.82 Å². The number of carbonyl (C=O) groups excluding carboxylic acids is 1. The lowest BCUT2D eigenvalue weighted by molar-refractivity contribution is 0.167. The molecule has 0 radical (unpaired) electrons. The molecule has 0 spiro atoms. The first-order valence-electron chi connectivity index (χ1n) is 5.29. The molecule has 1 aromatic carbocycles. The first kappa shape index (κ1) is 13.9. The van der Waals surface area contributed by atoms with Gasteiger partial charge in [-0.25, -0.2) is 17.6 Å². The predicted molar refractivity (Wildman–Crippen MR) is 68.3 cm³/mol. The average molecular weight is 309 g/mol. The molecule has 0 aliphatic carbocycles. The van der Waals surface area contributed by atoms with Gasteiger partial charge in [0.25, 0.3) is 0 Å². The first-order valence-corrected chi connectivity index (χ1v) is 7.32.